The molecule has 6 rings (SSSR count). The van der Waals surface area contributed by atoms with Crippen LogP contribution < -0.4 is 15.5 Å². The number of nitrogens with zero attached hydrogens (tertiary/aromatic N) is 6. The summed E-state index contributed by atoms with van der Waals surface area (Å²) in [5, 5.41) is 15.2. The van der Waals surface area contributed by atoms with Crippen molar-refractivity contribution in [2.75, 3.05) is 23.3 Å². The average molecular weight is 455 g/mol. The molecule has 0 radical (unpaired) electrons. The van der Waals surface area contributed by atoms with Crippen LogP contribution in [0.1, 0.15) is 35.8 Å². The molecule has 2 atom stereocenters. The highest BCUT2D eigenvalue weighted by molar-refractivity contribution is 5.99. The zero-order chi connectivity index (χ0) is 23.2. The number of aryl methyl sites for hydroxylation is 1. The van der Waals surface area contributed by atoms with Crippen LogP contribution in [0.4, 0.5) is 17.3 Å². The summed E-state index contributed by atoms with van der Waals surface area (Å²) in [7, 11) is 0. The molecular formula is C25H26N8O. The van der Waals surface area contributed by atoms with Crippen molar-refractivity contribution in [1.29, 1.82) is 0 Å². The number of hydrogen-bond donors (Lipinski definition) is 2. The summed E-state index contributed by atoms with van der Waals surface area (Å²) in [6.07, 6.45) is 3.92. The van der Waals surface area contributed by atoms with Crippen LogP contribution in [0.5, 0.6) is 0 Å². The average Bonchev–Trinajstić information content (AvgIpc) is 3.56. The van der Waals surface area contributed by atoms with Crippen LogP contribution in [-0.4, -0.2) is 55.7 Å². The lowest BCUT2D eigenvalue weighted by Gasteiger charge is -2.26. The van der Waals surface area contributed by atoms with Gasteiger partial charge in [0, 0.05) is 24.3 Å². The maximum Gasteiger partial charge on any atom is 0.163 e. The highest BCUT2D eigenvalue weighted by Gasteiger charge is 2.39. The SMILES string of the molecule is CC(=O)c1ccc(-n2cnc3ccc(Nc4ccc(C)nn4)cc32)nc1N1CCC2NCC[C@H]21. The molecular weight excluding hydrogens is 428 g/mol. The van der Waals surface area contributed by atoms with Gasteiger partial charge in [0.25, 0.3) is 0 Å². The zero-order valence-corrected chi connectivity index (χ0v) is 19.2. The molecule has 172 valence electrons. The van der Waals surface area contributed by atoms with Gasteiger partial charge in [-0.1, -0.05) is 0 Å². The smallest absolute Gasteiger partial charge is 0.163 e. The molecule has 1 unspecified atom stereocenters. The Morgan fingerprint density at radius 1 is 1.12 bits per heavy atom. The molecule has 2 fully saturated rings. The second-order valence-electron chi connectivity index (χ2n) is 9.00. The van der Waals surface area contributed by atoms with E-state index < -0.39 is 0 Å². The van der Waals surface area contributed by atoms with Crippen molar-refractivity contribution >= 4 is 34.1 Å². The fourth-order valence-electron chi connectivity index (χ4n) is 5.08. The van der Waals surface area contributed by atoms with Crippen LogP contribution in [-0.2, 0) is 0 Å². The van der Waals surface area contributed by atoms with Crippen molar-refractivity contribution in [2.45, 2.75) is 38.8 Å². The van der Waals surface area contributed by atoms with Gasteiger partial charge in [0.05, 0.1) is 22.3 Å². The summed E-state index contributed by atoms with van der Waals surface area (Å²) in [6.45, 7) is 5.42. The number of aromatic nitrogens is 5. The van der Waals surface area contributed by atoms with E-state index in [0.29, 0.717) is 23.5 Å². The Balaban J connectivity index is 1.39. The predicted molar refractivity (Wildman–Crippen MR) is 131 cm³/mol. The van der Waals surface area contributed by atoms with Gasteiger partial charge in [0.2, 0.25) is 0 Å². The van der Waals surface area contributed by atoms with Crippen molar-refractivity contribution in [3.05, 3.63) is 60.0 Å². The molecule has 0 spiro atoms. The first-order valence-corrected chi connectivity index (χ1v) is 11.6. The third kappa shape index (κ3) is 3.58. The minimum absolute atomic E-state index is 0.0321. The number of Topliss-reactive ketones (excluding diaryl/α,β-unsaturated/α-hetero) is 1. The van der Waals surface area contributed by atoms with E-state index in [1.54, 1.807) is 13.3 Å². The Bertz CT molecular complexity index is 1380. The first-order valence-electron chi connectivity index (χ1n) is 11.6. The van der Waals surface area contributed by atoms with Crippen molar-refractivity contribution in [3.63, 3.8) is 0 Å². The van der Waals surface area contributed by atoms with Gasteiger partial charge < -0.3 is 15.5 Å². The maximum atomic E-state index is 12.4. The zero-order valence-electron chi connectivity index (χ0n) is 19.2. The summed E-state index contributed by atoms with van der Waals surface area (Å²) in [4.78, 5) is 24.3. The molecule has 9 nitrogen and oxygen atoms in total. The van der Waals surface area contributed by atoms with Gasteiger partial charge in [-0.2, -0.15) is 5.10 Å². The molecule has 0 amide bonds. The first kappa shape index (κ1) is 20.7. The van der Waals surface area contributed by atoms with E-state index in [-0.39, 0.29) is 5.78 Å². The lowest BCUT2D eigenvalue weighted by atomic mass is 10.1. The van der Waals surface area contributed by atoms with E-state index in [1.165, 1.54) is 0 Å². The number of anilines is 3. The van der Waals surface area contributed by atoms with Gasteiger partial charge in [0.15, 0.2) is 11.6 Å². The number of ketones is 1. The number of nitrogens with one attached hydrogen (secondary N) is 2. The second-order valence-corrected chi connectivity index (χ2v) is 9.00. The van der Waals surface area contributed by atoms with Crippen molar-refractivity contribution in [2.24, 2.45) is 0 Å². The molecule has 2 aliphatic rings. The van der Waals surface area contributed by atoms with E-state index in [4.69, 9.17) is 4.98 Å². The minimum atomic E-state index is 0.0321. The molecule has 0 bridgehead atoms. The Hall–Kier alpha value is -3.85. The van der Waals surface area contributed by atoms with Crippen LogP contribution in [0.3, 0.4) is 0 Å². The van der Waals surface area contributed by atoms with E-state index in [9.17, 15) is 4.79 Å². The lowest BCUT2D eigenvalue weighted by molar-refractivity contribution is 0.101. The highest BCUT2D eigenvalue weighted by atomic mass is 16.1. The van der Waals surface area contributed by atoms with Crippen LogP contribution >= 0.6 is 0 Å². The molecule has 1 aromatic carbocycles. The van der Waals surface area contributed by atoms with Crippen molar-refractivity contribution in [3.8, 4) is 5.82 Å². The monoisotopic (exact) mass is 454 g/mol. The van der Waals surface area contributed by atoms with Gasteiger partial charge in [-0.3, -0.25) is 9.36 Å². The molecule has 2 saturated heterocycles. The number of fused-ring (bicyclic) bond motifs is 2. The first-order chi connectivity index (χ1) is 16.6. The summed E-state index contributed by atoms with van der Waals surface area (Å²) >= 11 is 0. The summed E-state index contributed by atoms with van der Waals surface area (Å²) in [5.74, 6) is 2.22. The van der Waals surface area contributed by atoms with E-state index in [1.807, 2.05) is 54.0 Å². The summed E-state index contributed by atoms with van der Waals surface area (Å²) in [5.41, 5.74) is 4.20. The molecule has 2 N–H and O–H groups in total. The number of carbonyl (C=O) groups excluding carboxylic acids is 1. The Morgan fingerprint density at radius 2 is 2.03 bits per heavy atom. The van der Waals surface area contributed by atoms with Gasteiger partial charge >= 0.3 is 0 Å². The quantitative estimate of drug-likeness (QED) is 0.443. The molecule has 3 aromatic heterocycles. The topological polar surface area (TPSA) is 101 Å². The largest absolute Gasteiger partial charge is 0.351 e. The van der Waals surface area contributed by atoms with Gasteiger partial charge in [-0.05, 0) is 75.7 Å². The fourth-order valence-corrected chi connectivity index (χ4v) is 5.08. The minimum Gasteiger partial charge on any atom is -0.351 e. The summed E-state index contributed by atoms with van der Waals surface area (Å²) in [6, 6.07) is 14.4. The van der Waals surface area contributed by atoms with Crippen LogP contribution in [0, 0.1) is 6.92 Å². The van der Waals surface area contributed by atoms with E-state index in [0.717, 1.165) is 60.0 Å². The molecule has 9 heteroatoms. The van der Waals surface area contributed by atoms with Crippen LogP contribution in [0.25, 0.3) is 16.9 Å². The second kappa shape index (κ2) is 8.18. The number of rotatable bonds is 5. The lowest BCUT2D eigenvalue weighted by Crippen LogP contribution is -2.35. The predicted octanol–water partition coefficient (Wildman–Crippen LogP) is 3.41. The molecule has 34 heavy (non-hydrogen) atoms. The third-order valence-electron chi connectivity index (χ3n) is 6.77. The Labute approximate surface area is 197 Å². The number of imidazole rings is 1. The molecule has 0 saturated carbocycles. The molecule has 5 heterocycles. The van der Waals surface area contributed by atoms with Crippen LogP contribution in [0.2, 0.25) is 0 Å². The normalized spacial score (nSPS) is 19.5. The number of benzene rings is 1. The number of pyridine rings is 1. The molecule has 0 aliphatic carbocycles. The molecule has 2 aliphatic heterocycles. The third-order valence-corrected chi connectivity index (χ3v) is 6.77. The van der Waals surface area contributed by atoms with Crippen molar-refractivity contribution < 1.29 is 4.79 Å². The number of hydrogen-bond acceptors (Lipinski definition) is 8. The Kier molecular flexibility index (Phi) is 4.99. The van der Waals surface area contributed by atoms with Gasteiger partial charge in [-0.25, -0.2) is 9.97 Å². The van der Waals surface area contributed by atoms with Gasteiger partial charge in [0.1, 0.15) is 18.0 Å². The fraction of sp³-hybridized carbons (Fsp3) is 0.320. The Morgan fingerprint density at radius 3 is 2.85 bits per heavy atom. The number of carbonyl (C=O) groups is 1. The summed E-state index contributed by atoms with van der Waals surface area (Å²) < 4.78 is 1.97. The highest BCUT2D eigenvalue weighted by Crippen LogP contribution is 2.33. The van der Waals surface area contributed by atoms with Crippen LogP contribution in [0.15, 0.2) is 48.8 Å². The van der Waals surface area contributed by atoms with E-state index in [2.05, 4.69) is 30.7 Å². The standard InChI is InChI=1S/C25H26N8O/c1-15-3-7-23(31-30-15)28-17-4-6-19-22(13-17)33(14-27-19)24-8-5-18(16(2)34)25(29-24)32-12-10-20-21(32)9-11-26-20/h3-8,13-14,20-21,26H,9-12H2,1-2H3,(H,28,31)/t20?,21-/m1/s1. The maximum absolute atomic E-state index is 12.4. The van der Waals surface area contributed by atoms with E-state index >= 15 is 0 Å². The molecule has 4 aromatic rings. The van der Waals surface area contributed by atoms with Gasteiger partial charge in [-0.15, -0.1) is 5.10 Å². The van der Waals surface area contributed by atoms with Crippen molar-refractivity contribution in [1.82, 2.24) is 30.0 Å².